The van der Waals surface area contributed by atoms with Crippen LogP contribution in [0.4, 0.5) is 17.6 Å². The Morgan fingerprint density at radius 1 is 1.40 bits per heavy atom. The van der Waals surface area contributed by atoms with Gasteiger partial charge >= 0.3 is 41.9 Å². The number of carbonyl (C=O) groups is 2. The number of alkyl halides is 4. The zero-order valence-corrected chi connectivity index (χ0v) is 12.8. The van der Waals surface area contributed by atoms with Crippen LogP contribution in [0.25, 0.3) is 0 Å². The molecule has 1 rings (SSSR count). The maximum Gasteiger partial charge on any atom is 1.00 e. The monoisotopic (exact) mass is 309 g/mol. The van der Waals surface area contributed by atoms with Crippen LogP contribution >= 0.6 is 0 Å². The molecule has 0 aromatic rings. The van der Waals surface area contributed by atoms with Crippen molar-refractivity contribution in [1.29, 1.82) is 0 Å². The number of amides is 1. The third-order valence-corrected chi connectivity index (χ3v) is 2.68. The van der Waals surface area contributed by atoms with Gasteiger partial charge in [-0.2, -0.15) is 8.78 Å². The van der Waals surface area contributed by atoms with E-state index in [4.69, 9.17) is 0 Å². The molecule has 5 nitrogen and oxygen atoms in total. The maximum absolute atomic E-state index is 12.5. The van der Waals surface area contributed by atoms with Gasteiger partial charge in [0.25, 0.3) is 0 Å². The number of carboxylic acids is 1. The molecule has 0 bridgehead atoms. The van der Waals surface area contributed by atoms with Crippen molar-refractivity contribution in [2.45, 2.75) is 31.2 Å². The molecule has 1 unspecified atom stereocenters. The molecule has 0 spiro atoms. The summed E-state index contributed by atoms with van der Waals surface area (Å²) in [6, 6.07) is -1.12. The van der Waals surface area contributed by atoms with Gasteiger partial charge < -0.3 is 19.5 Å². The fraction of sp³-hybridized carbons (Fsp3) is 0.800. The maximum atomic E-state index is 12.5. The van der Waals surface area contributed by atoms with Crippen molar-refractivity contribution in [2.24, 2.45) is 0 Å². The van der Waals surface area contributed by atoms with Crippen LogP contribution in [0.5, 0.6) is 0 Å². The number of hydrogen-bond donors (Lipinski definition) is 0. The molecule has 0 N–H and O–H groups in total. The molecule has 1 amide bonds. The average Bonchev–Trinajstić information content (AvgIpc) is 2.77. The SMILES string of the molecule is O=C([O-])C1CCCN1C(=O)COCC(F)(F)C(F)F.[Na+]. The number of rotatable bonds is 6. The van der Waals surface area contributed by atoms with Gasteiger partial charge in [0.15, 0.2) is 0 Å². The molecule has 1 atom stereocenters. The Balaban J connectivity index is 0.00000361. The minimum Gasteiger partial charge on any atom is -0.548 e. The molecule has 0 aromatic heterocycles. The number of hydrogen-bond acceptors (Lipinski definition) is 4. The van der Waals surface area contributed by atoms with Crippen LogP contribution in [0, 0.1) is 0 Å². The predicted octanol–water partition coefficient (Wildman–Crippen LogP) is -3.35. The Labute approximate surface area is 134 Å². The minimum atomic E-state index is -4.33. The number of ether oxygens (including phenoxy) is 1. The Morgan fingerprint density at radius 3 is 2.50 bits per heavy atom. The summed E-state index contributed by atoms with van der Waals surface area (Å²) in [4.78, 5) is 23.1. The topological polar surface area (TPSA) is 69.7 Å². The summed E-state index contributed by atoms with van der Waals surface area (Å²) in [5, 5.41) is 10.7. The summed E-state index contributed by atoms with van der Waals surface area (Å²) in [6.45, 7) is -2.32. The van der Waals surface area contributed by atoms with Gasteiger partial charge in [0.05, 0.1) is 12.0 Å². The van der Waals surface area contributed by atoms with Gasteiger partial charge in [0.2, 0.25) is 5.91 Å². The number of likely N-dealkylation sites (tertiary alicyclic amines) is 1. The van der Waals surface area contributed by atoms with E-state index in [2.05, 4.69) is 4.74 Å². The Morgan fingerprint density at radius 2 is 2.00 bits per heavy atom. The van der Waals surface area contributed by atoms with Crippen molar-refractivity contribution in [3.05, 3.63) is 0 Å². The molecular formula is C10H12F4NNaO4. The van der Waals surface area contributed by atoms with Gasteiger partial charge in [0.1, 0.15) is 13.2 Å². The molecule has 1 saturated heterocycles. The summed E-state index contributed by atoms with van der Waals surface area (Å²) in [6.07, 6.45) is -3.23. The van der Waals surface area contributed by atoms with Gasteiger partial charge in [-0.15, -0.1) is 0 Å². The van der Waals surface area contributed by atoms with E-state index in [-0.39, 0.29) is 42.5 Å². The first-order chi connectivity index (χ1) is 8.75. The van der Waals surface area contributed by atoms with Crippen molar-refractivity contribution in [2.75, 3.05) is 19.8 Å². The number of carbonyl (C=O) groups excluding carboxylic acids is 2. The quantitative estimate of drug-likeness (QED) is 0.380. The van der Waals surface area contributed by atoms with Gasteiger partial charge in [-0.05, 0) is 12.8 Å². The predicted molar refractivity (Wildman–Crippen MR) is 51.5 cm³/mol. The number of carboxylic acid groups (broad SMARTS) is 1. The minimum absolute atomic E-state index is 0. The van der Waals surface area contributed by atoms with Crippen LogP contribution in [0.3, 0.4) is 0 Å². The van der Waals surface area contributed by atoms with E-state index in [0.717, 1.165) is 4.90 Å². The smallest absolute Gasteiger partial charge is 0.548 e. The molecule has 20 heavy (non-hydrogen) atoms. The van der Waals surface area contributed by atoms with Crippen molar-refractivity contribution >= 4 is 11.9 Å². The Kier molecular flexibility index (Phi) is 8.00. The van der Waals surface area contributed by atoms with Gasteiger partial charge in [0, 0.05) is 6.54 Å². The van der Waals surface area contributed by atoms with Gasteiger partial charge in [-0.1, -0.05) is 0 Å². The van der Waals surface area contributed by atoms with E-state index in [1.807, 2.05) is 0 Å². The van der Waals surface area contributed by atoms with Crippen molar-refractivity contribution in [3.63, 3.8) is 0 Å². The zero-order chi connectivity index (χ0) is 14.6. The van der Waals surface area contributed by atoms with E-state index >= 15 is 0 Å². The molecule has 0 saturated carbocycles. The normalized spacial score (nSPS) is 19.1. The van der Waals surface area contributed by atoms with Crippen LogP contribution in [0.15, 0.2) is 0 Å². The molecule has 0 radical (unpaired) electrons. The second-order valence-corrected chi connectivity index (χ2v) is 4.12. The molecule has 0 aliphatic carbocycles. The molecule has 1 aliphatic heterocycles. The first kappa shape index (κ1) is 19.6. The third kappa shape index (κ3) is 5.19. The summed E-state index contributed by atoms with van der Waals surface area (Å²) >= 11 is 0. The largest absolute Gasteiger partial charge is 1.00 e. The first-order valence-corrected chi connectivity index (χ1v) is 5.49. The summed E-state index contributed by atoms with van der Waals surface area (Å²) in [5.74, 6) is -6.61. The summed E-state index contributed by atoms with van der Waals surface area (Å²) < 4.78 is 52.8. The molecular weight excluding hydrogens is 297 g/mol. The third-order valence-electron chi connectivity index (χ3n) is 2.68. The van der Waals surface area contributed by atoms with Gasteiger partial charge in [-0.3, -0.25) is 4.79 Å². The summed E-state index contributed by atoms with van der Waals surface area (Å²) in [5.41, 5.74) is 0. The van der Waals surface area contributed by atoms with Crippen molar-refractivity contribution in [3.8, 4) is 0 Å². The first-order valence-electron chi connectivity index (χ1n) is 5.49. The number of halogens is 4. The molecule has 110 valence electrons. The van der Waals surface area contributed by atoms with Crippen molar-refractivity contribution < 1.29 is 66.6 Å². The molecule has 1 aliphatic rings. The van der Waals surface area contributed by atoms with Gasteiger partial charge in [-0.25, -0.2) is 8.78 Å². The van der Waals surface area contributed by atoms with Crippen LogP contribution in [0.2, 0.25) is 0 Å². The van der Waals surface area contributed by atoms with E-state index in [1.165, 1.54) is 0 Å². The van der Waals surface area contributed by atoms with E-state index in [0.29, 0.717) is 6.42 Å². The van der Waals surface area contributed by atoms with E-state index in [9.17, 15) is 32.3 Å². The standard InChI is InChI=1S/C10H13F4NO4.Na/c11-9(12)10(13,14)5-19-4-7(16)15-3-1-2-6(15)8(17)18;/h6,9H,1-5H2,(H,17,18);/q;+1/p-1. The van der Waals surface area contributed by atoms with Crippen LogP contribution in [0.1, 0.15) is 12.8 Å². The fourth-order valence-corrected chi connectivity index (χ4v) is 1.73. The zero-order valence-electron chi connectivity index (χ0n) is 10.8. The second-order valence-electron chi connectivity index (χ2n) is 4.12. The summed E-state index contributed by atoms with van der Waals surface area (Å²) in [7, 11) is 0. The number of nitrogens with zero attached hydrogens (tertiary/aromatic N) is 1. The number of aliphatic carboxylic acids is 1. The average molecular weight is 309 g/mol. The van der Waals surface area contributed by atoms with Crippen LogP contribution < -0.4 is 34.7 Å². The molecule has 0 aromatic carbocycles. The van der Waals surface area contributed by atoms with Crippen LogP contribution in [-0.4, -0.2) is 54.9 Å². The van der Waals surface area contributed by atoms with Crippen LogP contribution in [-0.2, 0) is 14.3 Å². The molecule has 10 heteroatoms. The van der Waals surface area contributed by atoms with E-state index < -0.39 is 43.5 Å². The Hall–Kier alpha value is -0.380. The molecule has 1 fully saturated rings. The van der Waals surface area contributed by atoms with E-state index in [1.54, 1.807) is 0 Å². The molecule has 1 heterocycles. The Bertz CT molecular complexity index is 356. The second kappa shape index (κ2) is 8.16. The van der Waals surface area contributed by atoms with Crippen molar-refractivity contribution in [1.82, 2.24) is 4.90 Å². The fourth-order valence-electron chi connectivity index (χ4n) is 1.73.